The summed E-state index contributed by atoms with van der Waals surface area (Å²) in [6.07, 6.45) is 1.12. The fourth-order valence-electron chi connectivity index (χ4n) is 1.85. The molecule has 1 aromatic carbocycles. The highest BCUT2D eigenvalue weighted by Crippen LogP contribution is 2.27. The van der Waals surface area contributed by atoms with Crippen LogP contribution >= 0.6 is 11.8 Å². The average Bonchev–Trinajstić information content (AvgIpc) is 2.44. The summed E-state index contributed by atoms with van der Waals surface area (Å²) >= 11 is 1.70. The molecule has 0 saturated carbocycles. The Bertz CT molecular complexity index is 396. The maximum absolute atomic E-state index is 11.7. The highest BCUT2D eigenvalue weighted by molar-refractivity contribution is 7.99. The number of carboxylic acid groups (broad SMARTS) is 1. The lowest BCUT2D eigenvalue weighted by Gasteiger charge is -2.29. The molecule has 0 fully saturated rings. The van der Waals surface area contributed by atoms with Crippen LogP contribution in [0.3, 0.4) is 0 Å². The van der Waals surface area contributed by atoms with Crippen molar-refractivity contribution in [3.05, 3.63) is 35.9 Å². The standard InChI is InChI=1S/C15H23NO2S/c1-4-12(2)10-19-11-15(16-3,14(17)18)13-8-6-5-7-9-13/h5-9,12,16H,4,10-11H2,1-3H3,(H,17,18). The largest absolute Gasteiger partial charge is 0.480 e. The van der Waals surface area contributed by atoms with E-state index in [-0.39, 0.29) is 0 Å². The van der Waals surface area contributed by atoms with Gasteiger partial charge in [-0.3, -0.25) is 0 Å². The Hall–Kier alpha value is -1.00. The molecule has 19 heavy (non-hydrogen) atoms. The van der Waals surface area contributed by atoms with E-state index < -0.39 is 11.5 Å². The predicted molar refractivity (Wildman–Crippen MR) is 81.6 cm³/mol. The Morgan fingerprint density at radius 1 is 1.42 bits per heavy atom. The zero-order valence-electron chi connectivity index (χ0n) is 11.8. The number of carbonyl (C=O) groups is 1. The van der Waals surface area contributed by atoms with Crippen molar-refractivity contribution in [1.29, 1.82) is 0 Å². The van der Waals surface area contributed by atoms with Gasteiger partial charge in [0.15, 0.2) is 5.54 Å². The number of hydrogen-bond donors (Lipinski definition) is 2. The van der Waals surface area contributed by atoms with Gasteiger partial charge in [-0.15, -0.1) is 0 Å². The van der Waals surface area contributed by atoms with Gasteiger partial charge in [0, 0.05) is 5.75 Å². The van der Waals surface area contributed by atoms with E-state index in [1.807, 2.05) is 30.3 Å². The van der Waals surface area contributed by atoms with Crippen LogP contribution in [0.5, 0.6) is 0 Å². The molecule has 106 valence electrons. The summed E-state index contributed by atoms with van der Waals surface area (Å²) in [7, 11) is 1.71. The van der Waals surface area contributed by atoms with E-state index in [2.05, 4.69) is 19.2 Å². The Balaban J connectivity index is 2.85. The van der Waals surface area contributed by atoms with E-state index >= 15 is 0 Å². The van der Waals surface area contributed by atoms with Crippen LogP contribution in [0.2, 0.25) is 0 Å². The molecule has 0 amide bonds. The molecule has 2 N–H and O–H groups in total. The molecule has 0 bridgehead atoms. The first-order valence-corrected chi connectivity index (χ1v) is 7.77. The first-order valence-electron chi connectivity index (χ1n) is 6.62. The molecule has 0 spiro atoms. The summed E-state index contributed by atoms with van der Waals surface area (Å²) in [6, 6.07) is 9.40. The zero-order chi connectivity index (χ0) is 14.3. The Kier molecular flexibility index (Phi) is 6.38. The van der Waals surface area contributed by atoms with E-state index in [4.69, 9.17) is 0 Å². The highest BCUT2D eigenvalue weighted by Gasteiger charge is 2.38. The van der Waals surface area contributed by atoms with Gasteiger partial charge in [0.25, 0.3) is 0 Å². The molecule has 0 saturated heterocycles. The van der Waals surface area contributed by atoms with Gasteiger partial charge in [-0.1, -0.05) is 50.6 Å². The van der Waals surface area contributed by atoms with E-state index in [1.54, 1.807) is 18.8 Å². The summed E-state index contributed by atoms with van der Waals surface area (Å²) in [5.41, 5.74) is -0.194. The van der Waals surface area contributed by atoms with Gasteiger partial charge in [-0.2, -0.15) is 11.8 Å². The SMILES string of the molecule is CCC(C)CSCC(NC)(C(=O)O)c1ccccc1. The summed E-state index contributed by atoms with van der Waals surface area (Å²) in [5.74, 6) is 1.31. The second-order valence-corrected chi connectivity index (χ2v) is 5.89. The highest BCUT2D eigenvalue weighted by atomic mass is 32.2. The molecule has 0 radical (unpaired) electrons. The third-order valence-corrected chi connectivity index (χ3v) is 4.92. The van der Waals surface area contributed by atoms with E-state index in [9.17, 15) is 9.90 Å². The van der Waals surface area contributed by atoms with Crippen LogP contribution < -0.4 is 5.32 Å². The maximum atomic E-state index is 11.7. The van der Waals surface area contributed by atoms with Gasteiger partial charge < -0.3 is 10.4 Å². The second-order valence-electron chi connectivity index (χ2n) is 4.86. The van der Waals surface area contributed by atoms with Crippen LogP contribution in [-0.4, -0.2) is 29.6 Å². The molecule has 1 rings (SSSR count). The first-order chi connectivity index (χ1) is 9.06. The van der Waals surface area contributed by atoms with Crippen molar-refractivity contribution in [3.8, 4) is 0 Å². The number of benzene rings is 1. The second kappa shape index (κ2) is 7.56. The van der Waals surface area contributed by atoms with Crippen LogP contribution in [0.1, 0.15) is 25.8 Å². The minimum Gasteiger partial charge on any atom is -0.480 e. The minimum absolute atomic E-state index is 0.535. The van der Waals surface area contributed by atoms with Gasteiger partial charge in [0.1, 0.15) is 0 Å². The Morgan fingerprint density at radius 2 is 2.05 bits per heavy atom. The quantitative estimate of drug-likeness (QED) is 0.769. The number of carboxylic acids is 1. The number of thioether (sulfide) groups is 1. The molecule has 3 nitrogen and oxygen atoms in total. The van der Waals surface area contributed by atoms with Gasteiger partial charge in [-0.05, 0) is 24.3 Å². The van der Waals surface area contributed by atoms with Crippen LogP contribution in [0.25, 0.3) is 0 Å². The minimum atomic E-state index is -1.00. The number of nitrogens with one attached hydrogen (secondary N) is 1. The monoisotopic (exact) mass is 281 g/mol. The lowest BCUT2D eigenvalue weighted by molar-refractivity contribution is -0.144. The van der Waals surface area contributed by atoms with Crippen molar-refractivity contribution >= 4 is 17.7 Å². The summed E-state index contributed by atoms with van der Waals surface area (Å²) in [6.45, 7) is 4.35. The molecule has 4 heteroatoms. The first kappa shape index (κ1) is 16.1. The normalized spacial score (nSPS) is 15.7. The number of rotatable bonds is 8. The van der Waals surface area contributed by atoms with Gasteiger partial charge in [-0.25, -0.2) is 4.79 Å². The number of likely N-dealkylation sites (N-methyl/N-ethyl adjacent to an activating group) is 1. The molecule has 1 aromatic rings. The smallest absolute Gasteiger partial charge is 0.329 e. The van der Waals surface area contributed by atoms with Crippen LogP contribution in [0, 0.1) is 5.92 Å². The van der Waals surface area contributed by atoms with E-state index in [0.29, 0.717) is 11.7 Å². The van der Waals surface area contributed by atoms with E-state index in [0.717, 1.165) is 17.7 Å². The zero-order valence-corrected chi connectivity index (χ0v) is 12.7. The molecule has 0 heterocycles. The summed E-state index contributed by atoms with van der Waals surface area (Å²) < 4.78 is 0. The third kappa shape index (κ3) is 3.98. The predicted octanol–water partition coefficient (Wildman–Crippen LogP) is 2.97. The molecule has 0 aliphatic carbocycles. The van der Waals surface area contributed by atoms with Crippen molar-refractivity contribution in [2.24, 2.45) is 5.92 Å². The Morgan fingerprint density at radius 3 is 2.53 bits per heavy atom. The molecule has 0 aromatic heterocycles. The summed E-state index contributed by atoms with van der Waals surface area (Å²) in [4.78, 5) is 11.7. The van der Waals surface area contributed by atoms with Crippen molar-refractivity contribution in [1.82, 2.24) is 5.32 Å². The van der Waals surface area contributed by atoms with Crippen molar-refractivity contribution < 1.29 is 9.90 Å². The molecular formula is C15H23NO2S. The number of aliphatic carboxylic acids is 1. The molecule has 0 aliphatic heterocycles. The van der Waals surface area contributed by atoms with Crippen LogP contribution in [-0.2, 0) is 10.3 Å². The summed E-state index contributed by atoms with van der Waals surface area (Å²) in [5, 5.41) is 12.6. The van der Waals surface area contributed by atoms with Crippen molar-refractivity contribution in [2.75, 3.05) is 18.6 Å². The molecule has 2 unspecified atom stereocenters. The van der Waals surface area contributed by atoms with E-state index in [1.165, 1.54) is 0 Å². The average molecular weight is 281 g/mol. The lowest BCUT2D eigenvalue weighted by atomic mass is 9.92. The Labute approximate surface area is 119 Å². The topological polar surface area (TPSA) is 49.3 Å². The van der Waals surface area contributed by atoms with Gasteiger partial charge in [0.2, 0.25) is 0 Å². The molecule has 0 aliphatic rings. The van der Waals surface area contributed by atoms with Crippen molar-refractivity contribution in [2.45, 2.75) is 25.8 Å². The fourth-order valence-corrected chi connectivity index (χ4v) is 3.34. The molecular weight excluding hydrogens is 258 g/mol. The lowest BCUT2D eigenvalue weighted by Crippen LogP contribution is -2.49. The van der Waals surface area contributed by atoms with Crippen LogP contribution in [0.4, 0.5) is 0 Å². The van der Waals surface area contributed by atoms with Crippen LogP contribution in [0.15, 0.2) is 30.3 Å². The molecule has 2 atom stereocenters. The maximum Gasteiger partial charge on any atom is 0.329 e. The number of hydrogen-bond acceptors (Lipinski definition) is 3. The van der Waals surface area contributed by atoms with Gasteiger partial charge in [0.05, 0.1) is 0 Å². The fraction of sp³-hybridized carbons (Fsp3) is 0.533. The van der Waals surface area contributed by atoms with Gasteiger partial charge >= 0.3 is 5.97 Å². The third-order valence-electron chi connectivity index (χ3n) is 3.48. The van der Waals surface area contributed by atoms with Crippen molar-refractivity contribution in [3.63, 3.8) is 0 Å².